The van der Waals surface area contributed by atoms with E-state index in [0.717, 1.165) is 0 Å². The van der Waals surface area contributed by atoms with Gasteiger partial charge in [-0.15, -0.1) is 0 Å². The van der Waals surface area contributed by atoms with E-state index in [2.05, 4.69) is 4.98 Å². The number of oxazole rings is 1. The average molecular weight is 202 g/mol. The van der Waals surface area contributed by atoms with Crippen LogP contribution in [-0.4, -0.2) is 10.8 Å². The molecule has 2 aromatic rings. The van der Waals surface area contributed by atoms with E-state index < -0.39 is 5.76 Å². The van der Waals surface area contributed by atoms with Crippen LogP contribution in [0.1, 0.15) is 16.8 Å². The summed E-state index contributed by atoms with van der Waals surface area (Å²) >= 11 is 0. The number of aromatic nitrogens is 1. The number of nitrogens with zero attached hydrogens (tertiary/aromatic N) is 1. The van der Waals surface area contributed by atoms with Gasteiger partial charge in [0.25, 0.3) is 0 Å². The lowest BCUT2D eigenvalue weighted by Gasteiger charge is -1.94. The second-order valence-corrected chi connectivity index (χ2v) is 2.98. The van der Waals surface area contributed by atoms with Crippen molar-refractivity contribution in [2.24, 2.45) is 0 Å². The zero-order valence-electron chi connectivity index (χ0n) is 7.61. The molecule has 15 heavy (non-hydrogen) atoms. The van der Waals surface area contributed by atoms with E-state index >= 15 is 0 Å². The van der Waals surface area contributed by atoms with Crippen molar-refractivity contribution < 1.29 is 9.21 Å². The number of rotatable bonds is 2. The van der Waals surface area contributed by atoms with Crippen LogP contribution in [0.3, 0.4) is 0 Å². The first kappa shape index (κ1) is 9.21. The van der Waals surface area contributed by atoms with Crippen LogP contribution in [0.4, 0.5) is 0 Å². The molecule has 0 spiro atoms. The van der Waals surface area contributed by atoms with Gasteiger partial charge in [-0.2, -0.15) is 5.26 Å². The van der Waals surface area contributed by atoms with Crippen LogP contribution in [-0.2, 0) is 0 Å². The lowest BCUT2D eigenvalue weighted by atomic mass is 10.1. The minimum absolute atomic E-state index is 0.173. The molecule has 0 fully saturated rings. The molecule has 1 aromatic heterocycles. The smallest absolute Gasteiger partial charge is 0.408 e. The van der Waals surface area contributed by atoms with Gasteiger partial charge < -0.3 is 4.42 Å². The highest BCUT2D eigenvalue weighted by molar-refractivity contribution is 5.99. The van der Waals surface area contributed by atoms with Gasteiger partial charge in [0, 0.05) is 5.56 Å². The van der Waals surface area contributed by atoms with Crippen LogP contribution < -0.4 is 5.76 Å². The average Bonchev–Trinajstić information content (AvgIpc) is 2.57. The summed E-state index contributed by atoms with van der Waals surface area (Å²) in [5.74, 6) is -0.837. The normalized spacial score (nSPS) is 10.1. The summed E-state index contributed by atoms with van der Waals surface area (Å²) in [6.45, 7) is 0. The Balaban J connectivity index is 2.52. The van der Waals surface area contributed by atoms with E-state index in [0.29, 0.717) is 16.7 Å². The fourth-order valence-corrected chi connectivity index (χ4v) is 1.30. The lowest BCUT2D eigenvalue weighted by Crippen LogP contribution is -1.97. The van der Waals surface area contributed by atoms with Crippen LogP contribution >= 0.6 is 0 Å². The molecule has 74 valence electrons. The number of carbonyl (C=O) groups excluding carboxylic acids is 1. The summed E-state index contributed by atoms with van der Waals surface area (Å²) in [7, 11) is 0. The number of H-pyrrole nitrogens is 1. The Bertz CT molecular complexity index is 615. The Morgan fingerprint density at radius 3 is 3.07 bits per heavy atom. The van der Waals surface area contributed by atoms with Crippen LogP contribution in [0.15, 0.2) is 27.4 Å². The first-order valence-electron chi connectivity index (χ1n) is 4.24. The number of fused-ring (bicyclic) bond motifs is 1. The maximum Gasteiger partial charge on any atom is 0.417 e. The molecule has 0 atom stereocenters. The quantitative estimate of drug-likeness (QED) is 0.741. The van der Waals surface area contributed by atoms with Crippen LogP contribution in [0.2, 0.25) is 0 Å². The largest absolute Gasteiger partial charge is 0.417 e. The van der Waals surface area contributed by atoms with Gasteiger partial charge in [-0.05, 0) is 18.2 Å². The molecule has 1 aromatic carbocycles. The van der Waals surface area contributed by atoms with Crippen molar-refractivity contribution in [2.75, 3.05) is 0 Å². The number of ketones is 1. The summed E-state index contributed by atoms with van der Waals surface area (Å²) < 4.78 is 4.78. The van der Waals surface area contributed by atoms with E-state index in [4.69, 9.17) is 9.68 Å². The highest BCUT2D eigenvalue weighted by Gasteiger charge is 2.07. The van der Waals surface area contributed by atoms with Crippen LogP contribution in [0, 0.1) is 11.3 Å². The van der Waals surface area contributed by atoms with Gasteiger partial charge in [0.1, 0.15) is 0 Å². The van der Waals surface area contributed by atoms with Crippen molar-refractivity contribution in [3.8, 4) is 6.07 Å². The van der Waals surface area contributed by atoms with Gasteiger partial charge in [0.05, 0.1) is 18.0 Å². The Kier molecular flexibility index (Phi) is 2.10. The second kappa shape index (κ2) is 3.42. The molecule has 5 heteroatoms. The molecular formula is C10H6N2O3. The first-order valence-corrected chi connectivity index (χ1v) is 4.24. The van der Waals surface area contributed by atoms with E-state index in [-0.39, 0.29) is 12.2 Å². The van der Waals surface area contributed by atoms with Crippen molar-refractivity contribution in [1.29, 1.82) is 5.26 Å². The zero-order chi connectivity index (χ0) is 10.8. The predicted octanol–water partition coefficient (Wildman–Crippen LogP) is 1.22. The standard InChI is InChI=1S/C10H6N2O3/c11-4-3-8(13)6-1-2-9-7(5-6)12-10(14)15-9/h1-2,5H,3H2,(H,12,14). The van der Waals surface area contributed by atoms with Crippen molar-refractivity contribution in [3.63, 3.8) is 0 Å². The highest BCUT2D eigenvalue weighted by Crippen LogP contribution is 2.13. The molecule has 0 aliphatic carbocycles. The minimum Gasteiger partial charge on any atom is -0.408 e. The van der Waals surface area contributed by atoms with Crippen molar-refractivity contribution in [1.82, 2.24) is 4.98 Å². The fraction of sp³-hybridized carbons (Fsp3) is 0.100. The first-order chi connectivity index (χ1) is 7.20. The van der Waals surface area contributed by atoms with E-state index in [1.54, 1.807) is 6.07 Å². The third-order valence-corrected chi connectivity index (χ3v) is 1.98. The number of hydrogen-bond donors (Lipinski definition) is 1. The molecule has 2 rings (SSSR count). The number of carbonyl (C=O) groups is 1. The monoisotopic (exact) mass is 202 g/mol. The van der Waals surface area contributed by atoms with E-state index in [9.17, 15) is 9.59 Å². The Morgan fingerprint density at radius 2 is 2.33 bits per heavy atom. The molecule has 1 N–H and O–H groups in total. The molecule has 0 amide bonds. The number of benzene rings is 1. The maximum absolute atomic E-state index is 11.4. The molecule has 0 saturated carbocycles. The van der Waals surface area contributed by atoms with Gasteiger partial charge in [-0.1, -0.05) is 0 Å². The van der Waals surface area contributed by atoms with Gasteiger partial charge >= 0.3 is 5.76 Å². The highest BCUT2D eigenvalue weighted by atomic mass is 16.4. The van der Waals surface area contributed by atoms with Gasteiger partial charge in [0.2, 0.25) is 0 Å². The molecule has 0 aliphatic rings. The molecule has 5 nitrogen and oxygen atoms in total. The molecule has 1 heterocycles. The van der Waals surface area contributed by atoms with E-state index in [1.807, 2.05) is 0 Å². The van der Waals surface area contributed by atoms with Crippen molar-refractivity contribution in [2.45, 2.75) is 6.42 Å². The SMILES string of the molecule is N#CCC(=O)c1ccc2oc(=O)[nH]c2c1. The Morgan fingerprint density at radius 1 is 1.53 bits per heavy atom. The number of nitrogens with one attached hydrogen (secondary N) is 1. The number of nitriles is 1. The Hall–Kier alpha value is -2.35. The molecular weight excluding hydrogens is 196 g/mol. The fourth-order valence-electron chi connectivity index (χ4n) is 1.30. The number of Topliss-reactive ketones (excluding diaryl/α,β-unsaturated/α-hetero) is 1. The third kappa shape index (κ3) is 1.65. The van der Waals surface area contributed by atoms with Crippen LogP contribution in [0.25, 0.3) is 11.1 Å². The maximum atomic E-state index is 11.4. The topological polar surface area (TPSA) is 86.9 Å². The predicted molar refractivity (Wildman–Crippen MR) is 51.4 cm³/mol. The Labute approximate surface area is 83.9 Å². The van der Waals surface area contributed by atoms with Crippen molar-refractivity contribution in [3.05, 3.63) is 34.3 Å². The van der Waals surface area contributed by atoms with Gasteiger partial charge in [0.15, 0.2) is 11.4 Å². The third-order valence-electron chi connectivity index (χ3n) is 1.98. The van der Waals surface area contributed by atoms with Crippen LogP contribution in [0.5, 0.6) is 0 Å². The summed E-state index contributed by atoms with van der Waals surface area (Å²) in [5, 5.41) is 8.37. The minimum atomic E-state index is -0.560. The second-order valence-electron chi connectivity index (χ2n) is 2.98. The van der Waals surface area contributed by atoms with E-state index in [1.165, 1.54) is 18.2 Å². The summed E-state index contributed by atoms with van der Waals surface area (Å²) in [6.07, 6.45) is -0.173. The number of hydrogen-bond acceptors (Lipinski definition) is 4. The summed E-state index contributed by atoms with van der Waals surface area (Å²) in [5.41, 5.74) is 1.25. The summed E-state index contributed by atoms with van der Waals surface area (Å²) in [6, 6.07) is 6.33. The zero-order valence-corrected chi connectivity index (χ0v) is 7.61. The molecule has 0 unspecified atom stereocenters. The number of aromatic amines is 1. The lowest BCUT2D eigenvalue weighted by molar-refractivity contribution is 0.0998. The molecule has 0 radical (unpaired) electrons. The molecule has 0 aliphatic heterocycles. The summed E-state index contributed by atoms with van der Waals surface area (Å²) in [4.78, 5) is 24.6. The van der Waals surface area contributed by atoms with Crippen molar-refractivity contribution >= 4 is 16.9 Å². The molecule has 0 saturated heterocycles. The molecule has 0 bridgehead atoms. The van der Waals surface area contributed by atoms with Gasteiger partial charge in [-0.25, -0.2) is 4.79 Å². The van der Waals surface area contributed by atoms with Gasteiger partial charge in [-0.3, -0.25) is 9.78 Å².